The Balaban J connectivity index is 2.43. The second-order valence-corrected chi connectivity index (χ2v) is 5.67. The second kappa shape index (κ2) is 4.13. The molecule has 1 atom stereocenters. The molecule has 16 heavy (non-hydrogen) atoms. The van der Waals surface area contributed by atoms with Crippen LogP contribution in [0.25, 0.3) is 0 Å². The van der Waals surface area contributed by atoms with E-state index in [1.807, 2.05) is 12.1 Å². The van der Waals surface area contributed by atoms with Gasteiger partial charge in [-0.15, -0.1) is 11.8 Å². The molecule has 0 aliphatic carbocycles. The summed E-state index contributed by atoms with van der Waals surface area (Å²) in [7, 11) is 1.46. The van der Waals surface area contributed by atoms with Crippen LogP contribution in [0.2, 0.25) is 0 Å². The predicted octanol–water partition coefficient (Wildman–Crippen LogP) is 2.86. The number of hydrogen-bond donors (Lipinski definition) is 0. The van der Waals surface area contributed by atoms with Crippen LogP contribution in [0.4, 0.5) is 0 Å². The van der Waals surface area contributed by atoms with Crippen LogP contribution in [0, 0.1) is 5.92 Å². The van der Waals surface area contributed by atoms with Crippen LogP contribution in [-0.2, 0) is 14.9 Å². The molecule has 1 aliphatic heterocycles. The van der Waals surface area contributed by atoms with Gasteiger partial charge in [-0.05, 0) is 11.6 Å². The Kier molecular flexibility index (Phi) is 2.98. The fourth-order valence-corrected chi connectivity index (χ4v) is 3.76. The van der Waals surface area contributed by atoms with Gasteiger partial charge in [-0.1, -0.05) is 32.0 Å². The summed E-state index contributed by atoms with van der Waals surface area (Å²) >= 11 is 1.74. The van der Waals surface area contributed by atoms with E-state index in [1.165, 1.54) is 17.6 Å². The average molecular weight is 236 g/mol. The third-order valence-electron chi connectivity index (χ3n) is 3.34. The summed E-state index contributed by atoms with van der Waals surface area (Å²) < 4.78 is 4.89. The summed E-state index contributed by atoms with van der Waals surface area (Å²) in [6.45, 7) is 4.24. The molecular formula is C13H16O2S. The molecule has 0 aromatic heterocycles. The molecular weight excluding hydrogens is 220 g/mol. The highest BCUT2D eigenvalue weighted by molar-refractivity contribution is 7.99. The third kappa shape index (κ3) is 1.73. The fraction of sp³-hybridized carbons (Fsp3) is 0.462. The largest absolute Gasteiger partial charge is 0.469 e. The molecule has 3 heteroatoms. The highest BCUT2D eigenvalue weighted by Crippen LogP contribution is 2.45. The van der Waals surface area contributed by atoms with E-state index in [9.17, 15) is 4.79 Å². The zero-order valence-electron chi connectivity index (χ0n) is 9.82. The van der Waals surface area contributed by atoms with Crippen molar-refractivity contribution in [2.24, 2.45) is 5.92 Å². The van der Waals surface area contributed by atoms with Crippen molar-refractivity contribution in [1.82, 2.24) is 0 Å². The Hall–Kier alpha value is -0.960. The molecule has 1 aromatic carbocycles. The van der Waals surface area contributed by atoms with E-state index in [-0.39, 0.29) is 17.3 Å². The molecule has 0 fully saturated rings. The first-order valence-electron chi connectivity index (χ1n) is 5.37. The maximum atomic E-state index is 11.8. The Morgan fingerprint density at radius 2 is 2.12 bits per heavy atom. The van der Waals surface area contributed by atoms with Crippen molar-refractivity contribution < 1.29 is 9.53 Å². The molecule has 2 rings (SSSR count). The zero-order valence-corrected chi connectivity index (χ0v) is 10.6. The normalized spacial score (nSPS) is 22.3. The number of methoxy groups -OCH3 is 1. The van der Waals surface area contributed by atoms with Crippen LogP contribution in [0.1, 0.15) is 19.4 Å². The van der Waals surface area contributed by atoms with E-state index in [0.717, 1.165) is 5.75 Å². The quantitative estimate of drug-likeness (QED) is 0.701. The highest BCUT2D eigenvalue weighted by Gasteiger charge is 2.41. The average Bonchev–Trinajstić information content (AvgIpc) is 2.28. The van der Waals surface area contributed by atoms with Gasteiger partial charge in [0.15, 0.2) is 0 Å². The molecule has 0 saturated heterocycles. The van der Waals surface area contributed by atoms with Crippen molar-refractivity contribution in [2.75, 3.05) is 12.9 Å². The molecule has 0 N–H and O–H groups in total. The summed E-state index contributed by atoms with van der Waals surface area (Å²) in [5.74, 6) is 0.640. The van der Waals surface area contributed by atoms with Crippen molar-refractivity contribution >= 4 is 17.7 Å². The molecule has 1 heterocycles. The number of fused-ring (bicyclic) bond motifs is 1. The lowest BCUT2D eigenvalue weighted by Crippen LogP contribution is -2.39. The van der Waals surface area contributed by atoms with E-state index in [4.69, 9.17) is 4.74 Å². The summed E-state index contributed by atoms with van der Waals surface area (Å²) in [5, 5.41) is 0. The smallest absolute Gasteiger partial charge is 0.310 e. The van der Waals surface area contributed by atoms with Gasteiger partial charge in [0.1, 0.15) is 0 Å². The van der Waals surface area contributed by atoms with Gasteiger partial charge < -0.3 is 4.74 Å². The Bertz CT molecular complexity index is 412. The van der Waals surface area contributed by atoms with Crippen molar-refractivity contribution in [2.45, 2.75) is 24.2 Å². The van der Waals surface area contributed by atoms with Gasteiger partial charge in [-0.2, -0.15) is 0 Å². The topological polar surface area (TPSA) is 26.3 Å². The summed E-state index contributed by atoms with van der Waals surface area (Å²) in [6.07, 6.45) is 0. The maximum Gasteiger partial charge on any atom is 0.310 e. The van der Waals surface area contributed by atoms with E-state index in [0.29, 0.717) is 0 Å². The number of carbonyl (C=O) groups is 1. The van der Waals surface area contributed by atoms with E-state index in [2.05, 4.69) is 26.0 Å². The number of carbonyl (C=O) groups excluding carboxylic acids is 1. The van der Waals surface area contributed by atoms with Gasteiger partial charge in [0.05, 0.1) is 13.0 Å². The molecule has 0 bridgehead atoms. The summed E-state index contributed by atoms with van der Waals surface area (Å²) in [6, 6.07) is 8.30. The number of thioether (sulfide) groups is 1. The third-order valence-corrected chi connectivity index (χ3v) is 4.51. The Morgan fingerprint density at radius 1 is 1.44 bits per heavy atom. The minimum absolute atomic E-state index is 0.0580. The molecule has 1 aromatic rings. The SMILES string of the molecule is COC(=O)C1CSc2ccccc2C1(C)C. The number of rotatable bonds is 1. The van der Waals surface area contributed by atoms with E-state index in [1.54, 1.807) is 11.8 Å². The molecule has 0 saturated carbocycles. The van der Waals surface area contributed by atoms with Gasteiger partial charge in [0.2, 0.25) is 0 Å². The summed E-state index contributed by atoms with van der Waals surface area (Å²) in [5.41, 5.74) is 1.11. The molecule has 1 aliphatic rings. The highest BCUT2D eigenvalue weighted by atomic mass is 32.2. The number of benzene rings is 1. The van der Waals surface area contributed by atoms with Crippen LogP contribution in [0.5, 0.6) is 0 Å². The minimum atomic E-state index is -0.144. The lowest BCUT2D eigenvalue weighted by atomic mass is 9.74. The summed E-state index contributed by atoms with van der Waals surface area (Å²) in [4.78, 5) is 13.0. The molecule has 86 valence electrons. The van der Waals surface area contributed by atoms with Crippen molar-refractivity contribution in [3.63, 3.8) is 0 Å². The number of ether oxygens (including phenoxy) is 1. The van der Waals surface area contributed by atoms with Crippen LogP contribution >= 0.6 is 11.8 Å². The van der Waals surface area contributed by atoms with E-state index >= 15 is 0 Å². The van der Waals surface area contributed by atoms with Crippen LogP contribution in [0.3, 0.4) is 0 Å². The Labute approximate surface area is 100 Å². The molecule has 2 nitrogen and oxygen atoms in total. The van der Waals surface area contributed by atoms with Crippen LogP contribution < -0.4 is 0 Å². The minimum Gasteiger partial charge on any atom is -0.469 e. The van der Waals surface area contributed by atoms with E-state index < -0.39 is 0 Å². The van der Waals surface area contributed by atoms with Crippen LogP contribution in [-0.4, -0.2) is 18.8 Å². The lowest BCUT2D eigenvalue weighted by molar-refractivity contribution is -0.146. The lowest BCUT2D eigenvalue weighted by Gasteiger charge is -2.38. The molecule has 0 radical (unpaired) electrons. The van der Waals surface area contributed by atoms with Gasteiger partial charge in [0, 0.05) is 16.1 Å². The standard InChI is InChI=1S/C13H16O2S/c1-13(2)9-6-4-5-7-11(9)16-8-10(13)12(14)15-3/h4-7,10H,8H2,1-3H3. The van der Waals surface area contributed by atoms with Gasteiger partial charge in [0.25, 0.3) is 0 Å². The first kappa shape index (κ1) is 11.5. The first-order valence-corrected chi connectivity index (χ1v) is 6.36. The molecule has 0 amide bonds. The molecule has 1 unspecified atom stereocenters. The van der Waals surface area contributed by atoms with Gasteiger partial charge in [-0.25, -0.2) is 0 Å². The second-order valence-electron chi connectivity index (χ2n) is 4.60. The van der Waals surface area contributed by atoms with Gasteiger partial charge >= 0.3 is 5.97 Å². The fourth-order valence-electron chi connectivity index (χ4n) is 2.20. The predicted molar refractivity (Wildman–Crippen MR) is 65.7 cm³/mol. The van der Waals surface area contributed by atoms with Gasteiger partial charge in [-0.3, -0.25) is 4.79 Å². The van der Waals surface area contributed by atoms with Crippen molar-refractivity contribution in [3.8, 4) is 0 Å². The Morgan fingerprint density at radius 3 is 2.81 bits per heavy atom. The number of esters is 1. The zero-order chi connectivity index (χ0) is 11.8. The monoisotopic (exact) mass is 236 g/mol. The maximum absolute atomic E-state index is 11.8. The molecule has 0 spiro atoms. The van der Waals surface area contributed by atoms with Crippen LogP contribution in [0.15, 0.2) is 29.2 Å². The first-order chi connectivity index (χ1) is 7.57. The van der Waals surface area contributed by atoms with Crippen molar-refractivity contribution in [3.05, 3.63) is 29.8 Å². The number of hydrogen-bond acceptors (Lipinski definition) is 3. The van der Waals surface area contributed by atoms with Crippen molar-refractivity contribution in [1.29, 1.82) is 0 Å².